The van der Waals surface area contributed by atoms with Gasteiger partial charge in [0.05, 0.1) is 19.7 Å². The molecular weight excluding hydrogens is 196 g/mol. The van der Waals surface area contributed by atoms with E-state index in [9.17, 15) is 0 Å². The Kier molecular flexibility index (Phi) is 1.96. The molecule has 1 heterocycles. The Hall–Kier alpha value is -1.83. The first-order chi connectivity index (χ1) is 7.79. The molecule has 16 heavy (non-hydrogen) atoms. The van der Waals surface area contributed by atoms with Gasteiger partial charge in [0.1, 0.15) is 6.54 Å². The van der Waals surface area contributed by atoms with Crippen molar-refractivity contribution in [1.82, 2.24) is 5.32 Å². The van der Waals surface area contributed by atoms with Gasteiger partial charge in [-0.1, -0.05) is 24.3 Å². The fraction of sp³-hybridized carbons (Fsp3) is 0.214. The fourth-order valence-corrected chi connectivity index (χ4v) is 2.50. The largest absolute Gasteiger partial charge is 0.277 e. The van der Waals surface area contributed by atoms with E-state index in [0.717, 1.165) is 6.54 Å². The molecule has 0 saturated heterocycles. The molecule has 0 aliphatic carbocycles. The van der Waals surface area contributed by atoms with Crippen LogP contribution in [0.3, 0.4) is 0 Å². The van der Waals surface area contributed by atoms with Gasteiger partial charge in [-0.05, 0) is 22.9 Å². The SMILES string of the molecule is CNC1=[N+](C)Cc2cc3ccccc3cc21. The minimum Gasteiger partial charge on any atom is -0.277 e. The van der Waals surface area contributed by atoms with Crippen LogP contribution in [0.5, 0.6) is 0 Å². The van der Waals surface area contributed by atoms with Crippen molar-refractivity contribution in [3.63, 3.8) is 0 Å². The Labute approximate surface area is 95.2 Å². The second-order valence-corrected chi connectivity index (χ2v) is 4.31. The van der Waals surface area contributed by atoms with Crippen molar-refractivity contribution in [2.75, 3.05) is 14.1 Å². The Morgan fingerprint density at radius 2 is 1.81 bits per heavy atom. The van der Waals surface area contributed by atoms with Crippen LogP contribution in [0.25, 0.3) is 10.8 Å². The highest BCUT2D eigenvalue weighted by Crippen LogP contribution is 2.24. The van der Waals surface area contributed by atoms with Crippen LogP contribution < -0.4 is 5.32 Å². The molecule has 0 bridgehead atoms. The molecule has 3 rings (SSSR count). The van der Waals surface area contributed by atoms with E-state index in [1.54, 1.807) is 0 Å². The summed E-state index contributed by atoms with van der Waals surface area (Å²) in [6, 6.07) is 13.1. The van der Waals surface area contributed by atoms with Gasteiger partial charge in [0, 0.05) is 5.56 Å². The lowest BCUT2D eigenvalue weighted by molar-refractivity contribution is -0.510. The summed E-state index contributed by atoms with van der Waals surface area (Å²) in [5.74, 6) is 1.22. The second kappa shape index (κ2) is 3.34. The zero-order chi connectivity index (χ0) is 11.1. The molecule has 2 heteroatoms. The molecule has 2 aromatic rings. The first-order valence-corrected chi connectivity index (χ1v) is 5.57. The van der Waals surface area contributed by atoms with Crippen LogP contribution in [0.2, 0.25) is 0 Å². The highest BCUT2D eigenvalue weighted by molar-refractivity contribution is 6.01. The Bertz CT molecular complexity index is 597. The number of benzene rings is 2. The number of nitrogens with zero attached hydrogens (tertiary/aromatic N) is 1. The van der Waals surface area contributed by atoms with Gasteiger partial charge in [-0.3, -0.25) is 9.89 Å². The molecule has 2 aromatic carbocycles. The van der Waals surface area contributed by atoms with Gasteiger partial charge in [0.2, 0.25) is 0 Å². The number of fused-ring (bicyclic) bond motifs is 2. The van der Waals surface area contributed by atoms with Crippen molar-refractivity contribution in [2.45, 2.75) is 6.54 Å². The number of nitrogens with one attached hydrogen (secondary N) is 1. The lowest BCUT2D eigenvalue weighted by Crippen LogP contribution is -2.24. The quantitative estimate of drug-likeness (QED) is 0.658. The topological polar surface area (TPSA) is 15.0 Å². The van der Waals surface area contributed by atoms with Gasteiger partial charge in [-0.2, -0.15) is 0 Å². The minimum absolute atomic E-state index is 0.996. The van der Waals surface area contributed by atoms with Crippen molar-refractivity contribution in [3.05, 3.63) is 47.5 Å². The lowest BCUT2D eigenvalue weighted by atomic mass is 10.0. The molecule has 0 unspecified atom stereocenters. The predicted molar refractivity (Wildman–Crippen MR) is 67.0 cm³/mol. The van der Waals surface area contributed by atoms with Gasteiger partial charge < -0.3 is 0 Å². The summed E-state index contributed by atoms with van der Waals surface area (Å²) in [7, 11) is 4.10. The first kappa shape index (κ1) is 9.40. The van der Waals surface area contributed by atoms with Crippen LogP contribution in [0.15, 0.2) is 36.4 Å². The molecule has 0 spiro atoms. The van der Waals surface area contributed by atoms with Crippen LogP contribution in [0.1, 0.15) is 11.1 Å². The third-order valence-electron chi connectivity index (χ3n) is 3.25. The van der Waals surface area contributed by atoms with E-state index in [2.05, 4.69) is 53.3 Å². The van der Waals surface area contributed by atoms with Gasteiger partial charge >= 0.3 is 0 Å². The molecule has 2 nitrogen and oxygen atoms in total. The molecule has 0 atom stereocenters. The molecule has 0 fully saturated rings. The molecule has 0 amide bonds. The highest BCUT2D eigenvalue weighted by Gasteiger charge is 2.24. The van der Waals surface area contributed by atoms with Crippen LogP contribution in [0.4, 0.5) is 0 Å². The summed E-state index contributed by atoms with van der Waals surface area (Å²) in [5.41, 5.74) is 2.74. The van der Waals surface area contributed by atoms with E-state index in [1.807, 2.05) is 7.05 Å². The second-order valence-electron chi connectivity index (χ2n) is 4.31. The molecule has 1 aliphatic heterocycles. The van der Waals surface area contributed by atoms with Gasteiger partial charge in [0.25, 0.3) is 5.84 Å². The van der Waals surface area contributed by atoms with Crippen molar-refractivity contribution < 1.29 is 4.58 Å². The smallest absolute Gasteiger partial charge is 0.277 e. The van der Waals surface area contributed by atoms with E-state index in [0.29, 0.717) is 0 Å². The lowest BCUT2D eigenvalue weighted by Gasteiger charge is -2.01. The minimum atomic E-state index is 0.996. The zero-order valence-corrected chi connectivity index (χ0v) is 9.62. The Morgan fingerprint density at radius 3 is 2.50 bits per heavy atom. The van der Waals surface area contributed by atoms with E-state index in [1.165, 1.54) is 27.7 Å². The van der Waals surface area contributed by atoms with Crippen LogP contribution in [-0.2, 0) is 6.54 Å². The average Bonchev–Trinajstić information content (AvgIpc) is 2.60. The number of amidine groups is 1. The average molecular weight is 211 g/mol. The van der Waals surface area contributed by atoms with E-state index in [-0.39, 0.29) is 0 Å². The summed E-state index contributed by atoms with van der Waals surface area (Å²) in [6.07, 6.45) is 0. The molecular formula is C14H15N2+. The Balaban J connectivity index is 2.28. The van der Waals surface area contributed by atoms with Crippen molar-refractivity contribution in [1.29, 1.82) is 0 Å². The molecule has 80 valence electrons. The summed E-state index contributed by atoms with van der Waals surface area (Å²) in [4.78, 5) is 0. The molecule has 1 aliphatic rings. The van der Waals surface area contributed by atoms with Gasteiger partial charge in [-0.25, -0.2) is 0 Å². The van der Waals surface area contributed by atoms with Crippen LogP contribution >= 0.6 is 0 Å². The molecule has 1 N–H and O–H groups in total. The fourth-order valence-electron chi connectivity index (χ4n) is 2.50. The van der Waals surface area contributed by atoms with Gasteiger partial charge in [-0.15, -0.1) is 0 Å². The predicted octanol–water partition coefficient (Wildman–Crippen LogP) is 1.96. The van der Waals surface area contributed by atoms with E-state index >= 15 is 0 Å². The number of hydrogen-bond donors (Lipinski definition) is 1. The van der Waals surface area contributed by atoms with Crippen molar-refractivity contribution in [3.8, 4) is 0 Å². The van der Waals surface area contributed by atoms with Crippen LogP contribution in [-0.4, -0.2) is 24.5 Å². The molecule has 0 saturated carbocycles. The summed E-state index contributed by atoms with van der Waals surface area (Å²) in [6.45, 7) is 0.996. The molecule has 0 radical (unpaired) electrons. The van der Waals surface area contributed by atoms with Crippen molar-refractivity contribution in [2.24, 2.45) is 0 Å². The van der Waals surface area contributed by atoms with Crippen molar-refractivity contribution >= 4 is 16.6 Å². The maximum absolute atomic E-state index is 3.28. The normalized spacial score (nSPS) is 14.4. The summed E-state index contributed by atoms with van der Waals surface area (Å²) < 4.78 is 2.25. The maximum Gasteiger partial charge on any atom is 0.277 e. The third kappa shape index (κ3) is 1.23. The van der Waals surface area contributed by atoms with Crippen LogP contribution in [0, 0.1) is 0 Å². The number of hydrogen-bond acceptors (Lipinski definition) is 1. The summed E-state index contributed by atoms with van der Waals surface area (Å²) in [5, 5.41) is 5.91. The third-order valence-corrected chi connectivity index (χ3v) is 3.25. The first-order valence-electron chi connectivity index (χ1n) is 5.57. The van der Waals surface area contributed by atoms with Gasteiger partial charge in [0.15, 0.2) is 0 Å². The highest BCUT2D eigenvalue weighted by atomic mass is 15.1. The summed E-state index contributed by atoms with van der Waals surface area (Å²) >= 11 is 0. The maximum atomic E-state index is 3.28. The Morgan fingerprint density at radius 1 is 1.12 bits per heavy atom. The van der Waals surface area contributed by atoms with E-state index in [4.69, 9.17) is 0 Å². The number of rotatable bonds is 0. The molecule has 0 aromatic heterocycles. The zero-order valence-electron chi connectivity index (χ0n) is 9.62. The monoisotopic (exact) mass is 211 g/mol. The standard InChI is InChI=1S/C14H14N2/c1-15-14-13-8-11-6-4-3-5-10(11)7-12(13)9-16(14)2/h3-8H,9H2,1-2H3/p+1. The van der Waals surface area contributed by atoms with E-state index < -0.39 is 0 Å².